The maximum absolute atomic E-state index is 12.0. The topological polar surface area (TPSA) is 94.3 Å². The molecular weight excluding hydrogens is 441 g/mol. The van der Waals surface area contributed by atoms with E-state index in [2.05, 4.69) is 15.9 Å². The first-order valence-electron chi connectivity index (χ1n) is 4.44. The second-order valence-corrected chi connectivity index (χ2v) is 11.1. The number of hydrogen-bond acceptors (Lipinski definition) is 5. The van der Waals surface area contributed by atoms with Crippen LogP contribution in [0.2, 0.25) is 0 Å². The summed E-state index contributed by atoms with van der Waals surface area (Å²) in [7, 11) is -3.70. The van der Waals surface area contributed by atoms with E-state index in [-0.39, 0.29) is 11.3 Å². The van der Waals surface area contributed by atoms with Gasteiger partial charge in [0.25, 0.3) is 5.69 Å². The molecule has 0 radical (unpaired) electrons. The van der Waals surface area contributed by atoms with E-state index >= 15 is 0 Å². The summed E-state index contributed by atoms with van der Waals surface area (Å²) in [4.78, 5) is 22.0. The van der Waals surface area contributed by atoms with E-state index < -0.39 is 22.2 Å². The fraction of sp³-hybridized carbons (Fsp3) is 0.222. The van der Waals surface area contributed by atoms with Crippen LogP contribution in [0.4, 0.5) is 5.69 Å². The molecule has 98 valence electrons. The first kappa shape index (κ1) is 15.5. The average Bonchev–Trinajstić information content (AvgIpc) is 2.26. The summed E-state index contributed by atoms with van der Waals surface area (Å²) in [6.45, 7) is 0. The number of alkyl halides is 2. The quantitative estimate of drug-likeness (QED) is 0.232. The van der Waals surface area contributed by atoms with Gasteiger partial charge in [-0.25, -0.2) is 8.42 Å². The molecule has 0 amide bonds. The summed E-state index contributed by atoms with van der Waals surface area (Å²) in [5.74, 6) is -0.755. The monoisotopic (exact) mass is 447 g/mol. The Labute approximate surface area is 125 Å². The Bertz CT molecular complexity index is 613. The molecule has 1 rings (SSSR count). The molecule has 0 N–H and O–H groups in total. The number of benzene rings is 1. The fourth-order valence-electron chi connectivity index (χ4n) is 1.10. The van der Waals surface area contributed by atoms with Crippen LogP contribution in [0.1, 0.15) is 10.4 Å². The van der Waals surface area contributed by atoms with Crippen molar-refractivity contribution < 1.29 is 18.1 Å². The third kappa shape index (κ3) is 3.06. The van der Waals surface area contributed by atoms with Crippen molar-refractivity contribution in [3.05, 3.63) is 39.9 Å². The highest BCUT2D eigenvalue weighted by molar-refractivity contribution is 14.1. The number of halogens is 2. The number of nitro groups is 1. The predicted molar refractivity (Wildman–Crippen MR) is 77.9 cm³/mol. The van der Waals surface area contributed by atoms with Gasteiger partial charge < -0.3 is 0 Å². The number of sulfone groups is 1. The number of carbonyl (C=O) groups excluding carboxylic acids is 1. The minimum Gasteiger partial charge on any atom is -0.290 e. The van der Waals surface area contributed by atoms with Crippen molar-refractivity contribution in [2.75, 3.05) is 6.26 Å². The lowest BCUT2D eigenvalue weighted by Crippen LogP contribution is -2.33. The van der Waals surface area contributed by atoms with Crippen LogP contribution in [-0.4, -0.2) is 27.0 Å². The van der Waals surface area contributed by atoms with Crippen LogP contribution in [0.5, 0.6) is 0 Å². The Morgan fingerprint density at radius 3 is 2.50 bits per heavy atom. The first-order valence-corrected chi connectivity index (χ1v) is 8.20. The summed E-state index contributed by atoms with van der Waals surface area (Å²) in [5, 5.41) is 10.6. The second-order valence-electron chi connectivity index (χ2n) is 3.43. The van der Waals surface area contributed by atoms with E-state index in [0.717, 1.165) is 12.3 Å². The molecule has 0 heterocycles. The van der Waals surface area contributed by atoms with E-state index in [1.807, 2.05) is 0 Å². The molecular formula is C9H7BrINO5S. The minimum atomic E-state index is -3.70. The van der Waals surface area contributed by atoms with Crippen LogP contribution in [0.3, 0.4) is 0 Å². The molecule has 0 aromatic heterocycles. The van der Waals surface area contributed by atoms with Crippen molar-refractivity contribution in [2.24, 2.45) is 0 Å². The lowest BCUT2D eigenvalue weighted by atomic mass is 10.1. The third-order valence-electron chi connectivity index (χ3n) is 2.05. The van der Waals surface area contributed by atoms with Crippen molar-refractivity contribution in [1.82, 2.24) is 0 Å². The smallest absolute Gasteiger partial charge is 0.270 e. The molecule has 18 heavy (non-hydrogen) atoms. The minimum absolute atomic E-state index is 0.0408. The van der Waals surface area contributed by atoms with Crippen molar-refractivity contribution in [1.29, 1.82) is 0 Å². The summed E-state index contributed by atoms with van der Waals surface area (Å²) in [6.07, 6.45) is 0.906. The Morgan fingerprint density at radius 2 is 2.06 bits per heavy atom. The van der Waals surface area contributed by atoms with Crippen LogP contribution in [-0.2, 0) is 9.84 Å². The largest absolute Gasteiger partial charge is 0.290 e. The van der Waals surface area contributed by atoms with E-state index in [0.29, 0.717) is 0 Å². The van der Waals surface area contributed by atoms with Crippen LogP contribution in [0.15, 0.2) is 24.3 Å². The molecule has 0 aliphatic rings. The molecule has 0 spiro atoms. The van der Waals surface area contributed by atoms with Gasteiger partial charge in [-0.05, 0) is 38.5 Å². The number of ketones is 1. The molecule has 0 bridgehead atoms. The van der Waals surface area contributed by atoms with Gasteiger partial charge in [0.15, 0.2) is 9.84 Å². The molecule has 0 unspecified atom stereocenters. The highest BCUT2D eigenvalue weighted by Crippen LogP contribution is 2.36. The Morgan fingerprint density at radius 1 is 1.50 bits per heavy atom. The molecule has 0 aliphatic carbocycles. The molecule has 6 nitrogen and oxygen atoms in total. The molecule has 0 fully saturated rings. The van der Waals surface area contributed by atoms with Gasteiger partial charge in [0.2, 0.25) is 7.45 Å². The first-order chi connectivity index (χ1) is 8.07. The lowest BCUT2D eigenvalue weighted by molar-refractivity contribution is -0.384. The summed E-state index contributed by atoms with van der Waals surface area (Å²) in [6, 6.07) is 4.92. The van der Waals surface area contributed by atoms with Gasteiger partial charge in [-0.1, -0.05) is 12.1 Å². The Balaban J connectivity index is 3.28. The van der Waals surface area contributed by atoms with Gasteiger partial charge in [0, 0.05) is 24.0 Å². The number of nitro benzene ring substituents is 1. The fourth-order valence-corrected chi connectivity index (χ4v) is 2.09. The number of non-ortho nitro benzene ring substituents is 1. The zero-order valence-electron chi connectivity index (χ0n) is 8.96. The van der Waals surface area contributed by atoms with E-state index in [1.54, 1.807) is 0 Å². The number of hydrogen-bond donors (Lipinski definition) is 0. The number of carbonyl (C=O) groups is 1. The van der Waals surface area contributed by atoms with E-state index in [9.17, 15) is 23.3 Å². The number of Topliss-reactive ketones (excluding diaryl/α,β-unsaturated/α-hetero) is 1. The number of nitrogens with zero attached hydrogens (tertiary/aromatic N) is 1. The summed E-state index contributed by atoms with van der Waals surface area (Å²) >= 11 is 4.30. The van der Waals surface area contributed by atoms with Gasteiger partial charge in [-0.2, -0.15) is 0 Å². The molecule has 0 saturated heterocycles. The van der Waals surface area contributed by atoms with Crippen LogP contribution in [0, 0.1) is 10.1 Å². The average molecular weight is 448 g/mol. The predicted octanol–water partition coefficient (Wildman–Crippen LogP) is 2.31. The van der Waals surface area contributed by atoms with Crippen molar-refractivity contribution in [3.8, 4) is 0 Å². The van der Waals surface area contributed by atoms with Crippen molar-refractivity contribution >= 4 is 59.8 Å². The zero-order valence-corrected chi connectivity index (χ0v) is 13.5. The second kappa shape index (κ2) is 5.21. The van der Waals surface area contributed by atoms with Gasteiger partial charge in [0.1, 0.15) is 0 Å². The highest BCUT2D eigenvalue weighted by atomic mass is 127. The normalized spacial score (nSPS) is 14.8. The van der Waals surface area contributed by atoms with Gasteiger partial charge in [0.05, 0.1) is 4.92 Å². The molecule has 1 atom stereocenters. The van der Waals surface area contributed by atoms with Gasteiger partial charge in [-0.3, -0.25) is 14.9 Å². The number of rotatable bonds is 4. The third-order valence-corrected chi connectivity index (χ3v) is 8.18. The van der Waals surface area contributed by atoms with Crippen molar-refractivity contribution in [3.63, 3.8) is 0 Å². The van der Waals surface area contributed by atoms with Crippen LogP contribution >= 0.6 is 38.5 Å². The van der Waals surface area contributed by atoms with Crippen LogP contribution in [0.25, 0.3) is 0 Å². The standard InChI is InChI=1S/C9H7BrINO5S/c1-18(16,17)9(10,11)8(13)6-3-2-4-7(5-6)12(14)15/h2-5H,1H3/t9-/m0/s1. The summed E-state index contributed by atoms with van der Waals surface area (Å²) < 4.78 is 21.1. The van der Waals surface area contributed by atoms with E-state index in [1.165, 1.54) is 40.8 Å². The SMILES string of the molecule is CS(=O)(=O)[C@@](Br)(I)C(=O)c1cccc([N+](=O)[O-])c1. The zero-order chi connectivity index (χ0) is 14.1. The van der Waals surface area contributed by atoms with E-state index in [4.69, 9.17) is 0 Å². The molecule has 0 saturated carbocycles. The molecule has 9 heteroatoms. The van der Waals surface area contributed by atoms with Gasteiger partial charge >= 0.3 is 0 Å². The van der Waals surface area contributed by atoms with Crippen molar-refractivity contribution in [2.45, 2.75) is 1.66 Å². The molecule has 1 aromatic rings. The summed E-state index contributed by atoms with van der Waals surface area (Å²) in [5.41, 5.74) is -0.310. The highest BCUT2D eigenvalue weighted by Gasteiger charge is 2.43. The molecule has 1 aromatic carbocycles. The lowest BCUT2D eigenvalue weighted by Gasteiger charge is -2.16. The molecule has 0 aliphatic heterocycles. The Kier molecular flexibility index (Phi) is 4.49. The maximum Gasteiger partial charge on any atom is 0.270 e. The Hall–Kier alpha value is -0.550. The van der Waals surface area contributed by atoms with Crippen LogP contribution < -0.4 is 0 Å². The van der Waals surface area contributed by atoms with Gasteiger partial charge in [-0.15, -0.1) is 0 Å². The maximum atomic E-state index is 12.0.